The second-order valence-corrected chi connectivity index (χ2v) is 5.37. The quantitative estimate of drug-likeness (QED) is 0.921. The minimum atomic E-state index is -0.614. The molecule has 100 valence electrons. The summed E-state index contributed by atoms with van der Waals surface area (Å²) in [7, 11) is 0. The third-order valence-corrected chi connectivity index (χ3v) is 3.71. The molecule has 1 aliphatic rings. The highest BCUT2D eigenvalue weighted by molar-refractivity contribution is 9.10. The van der Waals surface area contributed by atoms with Crippen molar-refractivity contribution in [2.24, 2.45) is 0 Å². The maximum Gasteiger partial charge on any atom is 0.133 e. The fourth-order valence-corrected chi connectivity index (χ4v) is 2.59. The van der Waals surface area contributed by atoms with E-state index in [1.165, 1.54) is 6.07 Å². The molecule has 1 saturated heterocycles. The van der Waals surface area contributed by atoms with Crippen molar-refractivity contribution in [3.8, 4) is 11.3 Å². The smallest absolute Gasteiger partial charge is 0.133 e. The van der Waals surface area contributed by atoms with Crippen LogP contribution < -0.4 is 0 Å². The van der Waals surface area contributed by atoms with Crippen molar-refractivity contribution >= 4 is 15.9 Å². The Morgan fingerprint density at radius 1 is 1.37 bits per heavy atom. The highest BCUT2D eigenvalue weighted by Gasteiger charge is 2.30. The molecule has 1 fully saturated rings. The van der Waals surface area contributed by atoms with Gasteiger partial charge >= 0.3 is 0 Å². The fourth-order valence-electron chi connectivity index (χ4n) is 2.25. The van der Waals surface area contributed by atoms with Crippen molar-refractivity contribution in [2.45, 2.75) is 12.1 Å². The Hall–Kier alpha value is -1.24. The van der Waals surface area contributed by atoms with E-state index in [1.807, 2.05) is 0 Å². The van der Waals surface area contributed by atoms with E-state index < -0.39 is 6.10 Å². The van der Waals surface area contributed by atoms with Crippen molar-refractivity contribution < 1.29 is 14.2 Å². The lowest BCUT2D eigenvalue weighted by molar-refractivity contribution is 0.118. The Morgan fingerprint density at radius 2 is 2.21 bits per heavy atom. The maximum atomic E-state index is 14.0. The van der Waals surface area contributed by atoms with Crippen LogP contribution in [0.5, 0.6) is 0 Å². The molecule has 2 aromatic rings. The summed E-state index contributed by atoms with van der Waals surface area (Å²) < 4.78 is 21.5. The van der Waals surface area contributed by atoms with Crippen molar-refractivity contribution in [1.82, 2.24) is 9.78 Å². The van der Waals surface area contributed by atoms with Crippen molar-refractivity contribution in [1.29, 1.82) is 0 Å². The fraction of sp³-hybridized carbons (Fsp3) is 0.308. The summed E-state index contributed by atoms with van der Waals surface area (Å²) in [5.41, 5.74) is 1.10. The Morgan fingerprint density at radius 3 is 2.89 bits per heavy atom. The summed E-state index contributed by atoms with van der Waals surface area (Å²) in [4.78, 5) is 0. The molecule has 2 heterocycles. The first-order valence-electron chi connectivity index (χ1n) is 5.91. The molecule has 0 amide bonds. The molecule has 1 aromatic heterocycles. The van der Waals surface area contributed by atoms with Crippen molar-refractivity contribution in [3.63, 3.8) is 0 Å². The lowest BCUT2D eigenvalue weighted by Gasteiger charge is -2.16. The van der Waals surface area contributed by atoms with E-state index in [0.29, 0.717) is 22.3 Å². The van der Waals surface area contributed by atoms with Crippen LogP contribution in [0.15, 0.2) is 34.9 Å². The van der Waals surface area contributed by atoms with Crippen molar-refractivity contribution in [3.05, 3.63) is 40.8 Å². The lowest BCUT2D eigenvalue weighted by Crippen LogP contribution is -2.23. The van der Waals surface area contributed by atoms with Gasteiger partial charge in [-0.3, -0.25) is 4.68 Å². The molecule has 1 N–H and O–H groups in total. The Balaban J connectivity index is 2.04. The minimum Gasteiger partial charge on any atom is -0.388 e. The summed E-state index contributed by atoms with van der Waals surface area (Å²) in [5, 5.41) is 14.0. The average molecular weight is 327 g/mol. The van der Waals surface area contributed by atoms with Crippen LogP contribution in [-0.4, -0.2) is 34.2 Å². The second kappa shape index (κ2) is 5.03. The van der Waals surface area contributed by atoms with Crippen LogP contribution in [0, 0.1) is 5.82 Å². The predicted octanol–water partition coefficient (Wildman–Crippen LogP) is 2.38. The largest absolute Gasteiger partial charge is 0.388 e. The third kappa shape index (κ3) is 2.31. The standard InChI is InChI=1S/C13H12BrFN2O2/c14-8-1-2-9(10(15)5-8)11-3-4-16-17(11)12-6-19-7-13(12)18/h1-5,12-13,18H,6-7H2. The average Bonchev–Trinajstić information content (AvgIpc) is 2.97. The second-order valence-electron chi connectivity index (χ2n) is 4.46. The number of halogens is 2. The molecule has 0 radical (unpaired) electrons. The van der Waals surface area contributed by atoms with Crippen LogP contribution in [0.3, 0.4) is 0 Å². The summed E-state index contributed by atoms with van der Waals surface area (Å²) in [5.74, 6) is -0.329. The van der Waals surface area contributed by atoms with E-state index in [9.17, 15) is 9.50 Å². The van der Waals surface area contributed by atoms with Gasteiger partial charge in [0, 0.05) is 16.2 Å². The van der Waals surface area contributed by atoms with Gasteiger partial charge in [-0.15, -0.1) is 0 Å². The van der Waals surface area contributed by atoms with Crippen LogP contribution in [0.4, 0.5) is 4.39 Å². The van der Waals surface area contributed by atoms with Gasteiger partial charge in [0.25, 0.3) is 0 Å². The number of aliphatic hydroxyl groups excluding tert-OH is 1. The number of hydrogen-bond acceptors (Lipinski definition) is 3. The van der Waals surface area contributed by atoms with Gasteiger partial charge in [0.05, 0.1) is 18.9 Å². The van der Waals surface area contributed by atoms with Gasteiger partial charge < -0.3 is 9.84 Å². The highest BCUT2D eigenvalue weighted by Crippen LogP contribution is 2.29. The van der Waals surface area contributed by atoms with Crippen LogP contribution in [0.1, 0.15) is 6.04 Å². The first kappa shape index (κ1) is 12.8. The highest BCUT2D eigenvalue weighted by atomic mass is 79.9. The number of aliphatic hydroxyl groups is 1. The topological polar surface area (TPSA) is 47.3 Å². The predicted molar refractivity (Wildman–Crippen MR) is 71.2 cm³/mol. The molecule has 0 bridgehead atoms. The van der Waals surface area contributed by atoms with Gasteiger partial charge in [0.15, 0.2) is 0 Å². The van der Waals surface area contributed by atoms with Gasteiger partial charge in [-0.05, 0) is 24.3 Å². The monoisotopic (exact) mass is 326 g/mol. The maximum absolute atomic E-state index is 14.0. The molecule has 4 nitrogen and oxygen atoms in total. The molecular weight excluding hydrogens is 315 g/mol. The molecule has 0 aliphatic carbocycles. The van der Waals surface area contributed by atoms with E-state index in [-0.39, 0.29) is 18.5 Å². The SMILES string of the molecule is OC1COCC1n1nccc1-c1ccc(Br)cc1F. The van der Waals surface area contributed by atoms with Crippen molar-refractivity contribution in [2.75, 3.05) is 13.2 Å². The molecule has 0 saturated carbocycles. The van der Waals surface area contributed by atoms with E-state index in [4.69, 9.17) is 4.74 Å². The Kier molecular flexibility index (Phi) is 3.38. The van der Waals surface area contributed by atoms with Crippen LogP contribution in [-0.2, 0) is 4.74 Å². The zero-order valence-electron chi connectivity index (χ0n) is 9.96. The summed E-state index contributed by atoms with van der Waals surface area (Å²) >= 11 is 3.23. The third-order valence-electron chi connectivity index (χ3n) is 3.21. The van der Waals surface area contributed by atoms with Gasteiger partial charge in [-0.25, -0.2) is 4.39 Å². The van der Waals surface area contributed by atoms with E-state index >= 15 is 0 Å². The molecule has 2 atom stereocenters. The van der Waals surface area contributed by atoms with Gasteiger partial charge in [0.2, 0.25) is 0 Å². The molecule has 1 aromatic carbocycles. The van der Waals surface area contributed by atoms with Gasteiger partial charge in [-0.1, -0.05) is 15.9 Å². The lowest BCUT2D eigenvalue weighted by atomic mass is 10.1. The number of hydrogen-bond donors (Lipinski definition) is 1. The normalized spacial score (nSPS) is 22.9. The van der Waals surface area contributed by atoms with Gasteiger partial charge in [0.1, 0.15) is 18.0 Å². The number of rotatable bonds is 2. The van der Waals surface area contributed by atoms with E-state index in [0.717, 1.165) is 0 Å². The molecule has 19 heavy (non-hydrogen) atoms. The van der Waals surface area contributed by atoms with Crippen LogP contribution >= 0.6 is 15.9 Å². The Bertz CT molecular complexity index is 602. The van der Waals surface area contributed by atoms with E-state index in [1.54, 1.807) is 29.1 Å². The molecule has 1 aliphatic heterocycles. The van der Waals surface area contributed by atoms with Crippen LogP contribution in [0.2, 0.25) is 0 Å². The first-order chi connectivity index (χ1) is 9.16. The molecule has 0 spiro atoms. The Labute approximate surface area is 117 Å². The number of nitrogens with zero attached hydrogens (tertiary/aromatic N) is 2. The summed E-state index contributed by atoms with van der Waals surface area (Å²) in [6, 6.07) is 6.34. The number of ether oxygens (including phenoxy) is 1. The summed E-state index contributed by atoms with van der Waals surface area (Å²) in [6.07, 6.45) is 0.985. The molecule has 6 heteroatoms. The number of benzene rings is 1. The minimum absolute atomic E-state index is 0.270. The van der Waals surface area contributed by atoms with Gasteiger partial charge in [-0.2, -0.15) is 5.10 Å². The molecule has 2 unspecified atom stereocenters. The van der Waals surface area contributed by atoms with E-state index in [2.05, 4.69) is 21.0 Å². The zero-order chi connectivity index (χ0) is 13.4. The summed E-state index contributed by atoms with van der Waals surface area (Å²) in [6.45, 7) is 0.667. The molecule has 3 rings (SSSR count). The zero-order valence-corrected chi connectivity index (χ0v) is 11.5. The van der Waals surface area contributed by atoms with Crippen LogP contribution in [0.25, 0.3) is 11.3 Å². The molecular formula is C13H12BrFN2O2. The number of aromatic nitrogens is 2. The first-order valence-corrected chi connectivity index (χ1v) is 6.71.